The zero-order valence-corrected chi connectivity index (χ0v) is 26.3. The summed E-state index contributed by atoms with van der Waals surface area (Å²) in [6.07, 6.45) is 23.1. The second kappa shape index (κ2) is 18.9. The third-order valence-corrected chi connectivity index (χ3v) is 9.58. The predicted molar refractivity (Wildman–Crippen MR) is 169 cm³/mol. The number of carboxylic acids is 1. The molecule has 9 heteroatoms. The summed E-state index contributed by atoms with van der Waals surface area (Å²) in [7, 11) is 0. The van der Waals surface area contributed by atoms with E-state index in [0.29, 0.717) is 22.2 Å². The van der Waals surface area contributed by atoms with Gasteiger partial charge in [0.1, 0.15) is 4.32 Å². The highest BCUT2D eigenvalue weighted by Crippen LogP contribution is 2.34. The van der Waals surface area contributed by atoms with Crippen LogP contribution in [0.25, 0.3) is 6.08 Å². The number of hydrogen-bond acceptors (Lipinski definition) is 6. The molecule has 38 heavy (non-hydrogen) atoms. The average Bonchev–Trinajstić information content (AvgIpc) is 3.33. The number of aromatic nitrogens is 1. The standard InChI is InChI=1S/C29H44N2O3S4/c1-3-30-23(24(37-28(30)35)22-25-27(34)31(4-2)29(36)38-25)20-18-16-14-12-10-8-6-5-7-9-11-13-15-17-19-21-26(32)33/h5,7,22H,3-4,6,8-21H2,1-2H3,(H,32,33)/b7-5-,25-22?. The first kappa shape index (κ1) is 32.9. The minimum absolute atomic E-state index is 0.00984. The highest BCUT2D eigenvalue weighted by molar-refractivity contribution is 8.26. The number of likely N-dealkylation sites (N-methyl/N-ethyl adjacent to an activating group) is 1. The van der Waals surface area contributed by atoms with Crippen molar-refractivity contribution in [3.05, 3.63) is 31.6 Å². The summed E-state index contributed by atoms with van der Waals surface area (Å²) in [6, 6.07) is 0. The summed E-state index contributed by atoms with van der Waals surface area (Å²) >= 11 is 14.0. The van der Waals surface area contributed by atoms with Gasteiger partial charge in [-0.05, 0) is 77.1 Å². The summed E-state index contributed by atoms with van der Waals surface area (Å²) in [4.78, 5) is 26.6. The van der Waals surface area contributed by atoms with Crippen molar-refractivity contribution in [2.24, 2.45) is 0 Å². The molecule has 1 aliphatic heterocycles. The van der Waals surface area contributed by atoms with E-state index in [1.54, 1.807) is 16.2 Å². The summed E-state index contributed by atoms with van der Waals surface area (Å²) in [5.41, 5.74) is 1.26. The highest BCUT2D eigenvalue weighted by atomic mass is 32.2. The van der Waals surface area contributed by atoms with Crippen LogP contribution in [0.2, 0.25) is 0 Å². The summed E-state index contributed by atoms with van der Waals surface area (Å²) in [5.74, 6) is -0.673. The van der Waals surface area contributed by atoms with Gasteiger partial charge in [0.2, 0.25) is 0 Å². The first-order valence-corrected chi connectivity index (χ1v) is 16.7. The minimum atomic E-state index is -0.683. The molecule has 1 aromatic rings. The molecular weight excluding hydrogens is 553 g/mol. The normalized spacial score (nSPS) is 15.0. The van der Waals surface area contributed by atoms with Crippen LogP contribution in [0.1, 0.15) is 114 Å². The van der Waals surface area contributed by atoms with E-state index in [9.17, 15) is 9.59 Å². The lowest BCUT2D eigenvalue weighted by Gasteiger charge is -2.09. The molecule has 1 N–H and O–H groups in total. The van der Waals surface area contributed by atoms with Gasteiger partial charge in [-0.1, -0.05) is 81.1 Å². The molecule has 1 fully saturated rings. The van der Waals surface area contributed by atoms with Crippen molar-refractivity contribution in [1.29, 1.82) is 0 Å². The Bertz CT molecular complexity index is 1030. The predicted octanol–water partition coefficient (Wildman–Crippen LogP) is 9.16. The van der Waals surface area contributed by atoms with Crippen LogP contribution in [0.4, 0.5) is 0 Å². The Morgan fingerprint density at radius 1 is 0.868 bits per heavy atom. The van der Waals surface area contributed by atoms with Gasteiger partial charge in [-0.3, -0.25) is 14.5 Å². The van der Waals surface area contributed by atoms with Crippen LogP contribution in [0, 0.1) is 3.95 Å². The van der Waals surface area contributed by atoms with Gasteiger partial charge in [-0.2, -0.15) is 0 Å². The van der Waals surface area contributed by atoms with Gasteiger partial charge in [-0.15, -0.1) is 11.3 Å². The molecular formula is C29H44N2O3S4. The third-order valence-electron chi connectivity index (χ3n) is 6.76. The van der Waals surface area contributed by atoms with E-state index in [0.717, 1.165) is 53.9 Å². The summed E-state index contributed by atoms with van der Waals surface area (Å²) in [5, 5.41) is 8.64. The molecule has 0 unspecified atom stereocenters. The Hall–Kier alpha value is -1.29. The Balaban J connectivity index is 1.62. The Labute approximate surface area is 247 Å². The molecule has 1 aromatic heterocycles. The maximum Gasteiger partial charge on any atom is 0.303 e. The molecule has 0 atom stereocenters. The van der Waals surface area contributed by atoms with Crippen LogP contribution in [-0.4, -0.2) is 37.3 Å². The van der Waals surface area contributed by atoms with Gasteiger partial charge in [0.05, 0.1) is 9.78 Å². The quantitative estimate of drug-likeness (QED) is 0.0701. The molecule has 2 rings (SSSR count). The van der Waals surface area contributed by atoms with Crippen molar-refractivity contribution in [3.63, 3.8) is 0 Å². The number of unbranched alkanes of at least 4 members (excludes halogenated alkanes) is 11. The lowest BCUT2D eigenvalue weighted by molar-refractivity contribution is -0.137. The van der Waals surface area contributed by atoms with Gasteiger partial charge in [0.25, 0.3) is 5.91 Å². The van der Waals surface area contributed by atoms with E-state index < -0.39 is 5.97 Å². The van der Waals surface area contributed by atoms with E-state index in [1.165, 1.54) is 68.8 Å². The Morgan fingerprint density at radius 2 is 1.45 bits per heavy atom. The molecule has 0 aliphatic carbocycles. The van der Waals surface area contributed by atoms with Crippen molar-refractivity contribution >= 4 is 69.8 Å². The van der Waals surface area contributed by atoms with Crippen LogP contribution in [0.5, 0.6) is 0 Å². The van der Waals surface area contributed by atoms with Crippen LogP contribution in [0.3, 0.4) is 0 Å². The number of nitrogens with zero attached hydrogens (tertiary/aromatic N) is 2. The molecule has 1 saturated heterocycles. The highest BCUT2D eigenvalue weighted by Gasteiger charge is 2.31. The largest absolute Gasteiger partial charge is 0.481 e. The number of aliphatic carboxylic acids is 1. The number of thioether (sulfide) groups is 1. The summed E-state index contributed by atoms with van der Waals surface area (Å²) in [6.45, 7) is 5.54. The number of amides is 1. The second-order valence-electron chi connectivity index (χ2n) is 9.68. The topological polar surface area (TPSA) is 62.5 Å². The zero-order valence-electron chi connectivity index (χ0n) is 23.0. The maximum atomic E-state index is 12.7. The lowest BCUT2D eigenvalue weighted by atomic mass is 10.1. The van der Waals surface area contributed by atoms with Crippen LogP contribution >= 0.6 is 47.5 Å². The van der Waals surface area contributed by atoms with Gasteiger partial charge in [0, 0.05) is 25.2 Å². The van der Waals surface area contributed by atoms with Crippen LogP contribution < -0.4 is 0 Å². The van der Waals surface area contributed by atoms with E-state index in [4.69, 9.17) is 29.5 Å². The molecule has 2 heterocycles. The fraction of sp³-hybridized carbons (Fsp3) is 0.655. The first-order valence-electron chi connectivity index (χ1n) is 14.2. The fourth-order valence-electron chi connectivity index (χ4n) is 4.60. The Morgan fingerprint density at radius 3 is 2.00 bits per heavy atom. The molecule has 0 saturated carbocycles. The van der Waals surface area contributed by atoms with E-state index in [-0.39, 0.29) is 5.91 Å². The zero-order chi connectivity index (χ0) is 27.8. The van der Waals surface area contributed by atoms with E-state index in [1.807, 2.05) is 13.0 Å². The Kier molecular flexibility index (Phi) is 16.4. The number of allylic oxidation sites excluding steroid dienone is 2. The van der Waals surface area contributed by atoms with E-state index >= 15 is 0 Å². The number of carboxylic acid groups (broad SMARTS) is 1. The fourth-order valence-corrected chi connectivity index (χ4v) is 7.59. The van der Waals surface area contributed by atoms with Crippen LogP contribution in [0.15, 0.2) is 17.1 Å². The van der Waals surface area contributed by atoms with Crippen molar-refractivity contribution in [2.75, 3.05) is 6.54 Å². The van der Waals surface area contributed by atoms with Gasteiger partial charge >= 0.3 is 5.97 Å². The molecule has 0 radical (unpaired) electrons. The van der Waals surface area contributed by atoms with Crippen molar-refractivity contribution in [3.8, 4) is 0 Å². The number of rotatable bonds is 20. The monoisotopic (exact) mass is 596 g/mol. The number of hydrogen-bond donors (Lipinski definition) is 1. The first-order chi connectivity index (χ1) is 18.4. The minimum Gasteiger partial charge on any atom is -0.481 e. The molecule has 212 valence electrons. The molecule has 1 aliphatic rings. The molecule has 0 spiro atoms. The molecule has 0 bridgehead atoms. The van der Waals surface area contributed by atoms with Crippen molar-refractivity contribution < 1.29 is 14.7 Å². The molecule has 1 amide bonds. The summed E-state index contributed by atoms with van der Waals surface area (Å²) < 4.78 is 3.74. The SMILES string of the molecule is CCN1C(=O)C(=Cc2sc(=S)n(CC)c2CCCCCCCC/C=C\CCCCCCCC(=O)O)SC1=S. The lowest BCUT2D eigenvalue weighted by Crippen LogP contribution is -2.27. The van der Waals surface area contributed by atoms with Crippen LogP contribution in [-0.2, 0) is 22.6 Å². The average molecular weight is 597 g/mol. The van der Waals surface area contributed by atoms with Crippen molar-refractivity contribution in [2.45, 2.75) is 117 Å². The van der Waals surface area contributed by atoms with Gasteiger partial charge < -0.3 is 9.67 Å². The third kappa shape index (κ3) is 11.4. The molecule has 5 nitrogen and oxygen atoms in total. The molecule has 0 aromatic carbocycles. The number of thiocarbonyl (C=S) groups is 1. The van der Waals surface area contributed by atoms with Crippen molar-refractivity contribution in [1.82, 2.24) is 9.47 Å². The number of thiazole rings is 1. The number of carbonyl (C=O) groups is 2. The maximum absolute atomic E-state index is 12.7. The smallest absolute Gasteiger partial charge is 0.303 e. The van der Waals surface area contributed by atoms with Gasteiger partial charge in [0.15, 0.2) is 3.95 Å². The second-order valence-corrected chi connectivity index (χ2v) is 13.0. The number of carbonyl (C=O) groups excluding carboxylic acids is 1. The van der Waals surface area contributed by atoms with Gasteiger partial charge in [-0.25, -0.2) is 0 Å². The van der Waals surface area contributed by atoms with E-state index in [2.05, 4.69) is 23.6 Å².